The van der Waals surface area contributed by atoms with Crippen LogP contribution in [0.4, 0.5) is 0 Å². The van der Waals surface area contributed by atoms with E-state index in [0.717, 1.165) is 30.0 Å². The van der Waals surface area contributed by atoms with Crippen LogP contribution in [0.15, 0.2) is 23.1 Å². The van der Waals surface area contributed by atoms with Gasteiger partial charge in [-0.3, -0.25) is 0 Å². The van der Waals surface area contributed by atoms with Crippen molar-refractivity contribution in [2.45, 2.75) is 43.7 Å². The normalized spacial score (nSPS) is 14.2. The van der Waals surface area contributed by atoms with Crippen LogP contribution in [-0.4, -0.2) is 30.6 Å². The molecule has 0 fully saturated rings. The summed E-state index contributed by atoms with van der Waals surface area (Å²) in [5, 5.41) is 12.9. The number of hydrogen-bond donors (Lipinski definition) is 2. The van der Waals surface area contributed by atoms with Crippen LogP contribution in [0.5, 0.6) is 5.75 Å². The molecule has 1 aromatic carbocycles. The first-order valence-electron chi connectivity index (χ1n) is 6.65. The highest BCUT2D eigenvalue weighted by molar-refractivity contribution is 7.98. The van der Waals surface area contributed by atoms with Crippen LogP contribution in [0.25, 0.3) is 0 Å². The van der Waals surface area contributed by atoms with E-state index < -0.39 is 0 Å². The van der Waals surface area contributed by atoms with E-state index in [1.54, 1.807) is 18.9 Å². The first-order valence-corrected chi connectivity index (χ1v) is 7.88. The predicted molar refractivity (Wildman–Crippen MR) is 82.0 cm³/mol. The Morgan fingerprint density at radius 2 is 2.16 bits per heavy atom. The highest BCUT2D eigenvalue weighted by atomic mass is 32.2. The monoisotopic (exact) mass is 283 g/mol. The Bertz CT molecular complexity index is 398. The van der Waals surface area contributed by atoms with Crippen molar-refractivity contribution in [2.75, 3.05) is 20.0 Å². The van der Waals surface area contributed by atoms with E-state index in [-0.39, 0.29) is 12.1 Å². The number of aliphatic hydroxyl groups is 1. The van der Waals surface area contributed by atoms with Gasteiger partial charge in [0.1, 0.15) is 5.75 Å². The van der Waals surface area contributed by atoms with Crippen molar-refractivity contribution in [1.29, 1.82) is 0 Å². The summed E-state index contributed by atoms with van der Waals surface area (Å²) >= 11 is 1.68. The number of nitrogens with one attached hydrogen (secondary N) is 1. The second-order valence-corrected chi connectivity index (χ2v) is 5.86. The van der Waals surface area contributed by atoms with Gasteiger partial charge in [0, 0.05) is 17.0 Å². The van der Waals surface area contributed by atoms with E-state index in [4.69, 9.17) is 4.74 Å². The van der Waals surface area contributed by atoms with Crippen LogP contribution in [0.1, 0.15) is 32.3 Å². The summed E-state index contributed by atoms with van der Waals surface area (Å²) < 4.78 is 5.38. The van der Waals surface area contributed by atoms with Crippen molar-refractivity contribution in [3.63, 3.8) is 0 Å². The third-order valence-electron chi connectivity index (χ3n) is 3.32. The fourth-order valence-electron chi connectivity index (χ4n) is 2.08. The Morgan fingerprint density at radius 3 is 2.68 bits per heavy atom. The molecule has 19 heavy (non-hydrogen) atoms. The van der Waals surface area contributed by atoms with Crippen LogP contribution in [-0.2, 0) is 6.54 Å². The maximum Gasteiger partial charge on any atom is 0.132 e. The summed E-state index contributed by atoms with van der Waals surface area (Å²) in [4.78, 5) is 1.14. The molecular formula is C15H25NO2S. The van der Waals surface area contributed by atoms with Crippen LogP contribution in [0.2, 0.25) is 0 Å². The molecule has 0 aliphatic rings. The van der Waals surface area contributed by atoms with E-state index in [2.05, 4.69) is 37.4 Å². The predicted octanol–water partition coefficient (Wildman–Crippen LogP) is 3.06. The average molecular weight is 283 g/mol. The third-order valence-corrected chi connectivity index (χ3v) is 4.10. The highest BCUT2D eigenvalue weighted by Gasteiger charge is 2.21. The molecule has 0 spiro atoms. The first-order chi connectivity index (χ1) is 9.08. The van der Waals surface area contributed by atoms with Crippen LogP contribution < -0.4 is 10.1 Å². The summed E-state index contributed by atoms with van der Waals surface area (Å²) in [5.41, 5.74) is 0.964. The largest absolute Gasteiger partial charge is 0.496 e. The van der Waals surface area contributed by atoms with Gasteiger partial charge in [-0.25, -0.2) is 0 Å². The molecule has 4 heteroatoms. The minimum Gasteiger partial charge on any atom is -0.496 e. The van der Waals surface area contributed by atoms with Crippen molar-refractivity contribution in [3.05, 3.63) is 23.8 Å². The summed E-state index contributed by atoms with van der Waals surface area (Å²) in [7, 11) is 1.70. The lowest BCUT2D eigenvalue weighted by molar-refractivity contribution is 0.163. The van der Waals surface area contributed by atoms with Crippen molar-refractivity contribution in [1.82, 2.24) is 5.32 Å². The molecule has 3 nitrogen and oxygen atoms in total. The maximum absolute atomic E-state index is 9.49. The van der Waals surface area contributed by atoms with Gasteiger partial charge >= 0.3 is 0 Å². The molecule has 1 atom stereocenters. The van der Waals surface area contributed by atoms with Crippen LogP contribution >= 0.6 is 11.8 Å². The lowest BCUT2D eigenvalue weighted by atomic mass is 9.97. The number of benzene rings is 1. The summed E-state index contributed by atoms with van der Waals surface area (Å²) in [6, 6.07) is 6.24. The quantitative estimate of drug-likeness (QED) is 0.720. The molecule has 0 radical (unpaired) electrons. The first kappa shape index (κ1) is 16.3. The SMILES string of the molecule is CCCC(C)(CO)NCc1ccc(SC)c(OC)c1. The van der Waals surface area contributed by atoms with Gasteiger partial charge in [-0.15, -0.1) is 11.8 Å². The van der Waals surface area contributed by atoms with E-state index >= 15 is 0 Å². The molecule has 0 heterocycles. The van der Waals surface area contributed by atoms with Crippen molar-refractivity contribution in [3.8, 4) is 5.75 Å². The van der Waals surface area contributed by atoms with Gasteiger partial charge in [-0.05, 0) is 37.3 Å². The smallest absolute Gasteiger partial charge is 0.132 e. The Kier molecular flexibility index (Phi) is 6.69. The molecule has 2 N–H and O–H groups in total. The van der Waals surface area contributed by atoms with E-state index in [1.165, 1.54) is 5.56 Å². The fraction of sp³-hybridized carbons (Fsp3) is 0.600. The molecule has 0 bridgehead atoms. The summed E-state index contributed by atoms with van der Waals surface area (Å²) in [6.07, 6.45) is 4.06. The Balaban J connectivity index is 2.72. The fourth-order valence-corrected chi connectivity index (χ4v) is 2.63. The molecule has 0 amide bonds. The van der Waals surface area contributed by atoms with E-state index in [0.29, 0.717) is 0 Å². The Hall–Kier alpha value is -0.710. The van der Waals surface area contributed by atoms with E-state index in [1.807, 2.05) is 6.26 Å². The number of ether oxygens (including phenoxy) is 1. The number of methoxy groups -OCH3 is 1. The second kappa shape index (κ2) is 7.78. The van der Waals surface area contributed by atoms with Gasteiger partial charge < -0.3 is 15.2 Å². The van der Waals surface area contributed by atoms with Gasteiger partial charge in [0.2, 0.25) is 0 Å². The molecular weight excluding hydrogens is 258 g/mol. The minimum absolute atomic E-state index is 0.154. The summed E-state index contributed by atoms with van der Waals surface area (Å²) in [6.45, 7) is 5.08. The van der Waals surface area contributed by atoms with Crippen molar-refractivity contribution in [2.24, 2.45) is 0 Å². The standard InChI is InChI=1S/C15H25NO2S/c1-5-8-15(2,11-17)16-10-12-6-7-14(19-4)13(9-12)18-3/h6-7,9,16-17H,5,8,10-11H2,1-4H3. The molecule has 0 aliphatic carbocycles. The van der Waals surface area contributed by atoms with Gasteiger partial charge in [-0.1, -0.05) is 19.4 Å². The third kappa shape index (κ3) is 4.71. The molecule has 1 aromatic rings. The molecule has 0 aliphatic heterocycles. The highest BCUT2D eigenvalue weighted by Crippen LogP contribution is 2.28. The minimum atomic E-state index is -0.208. The molecule has 1 unspecified atom stereocenters. The lowest BCUT2D eigenvalue weighted by Crippen LogP contribution is -2.45. The van der Waals surface area contributed by atoms with Crippen molar-refractivity contribution >= 4 is 11.8 Å². The number of hydrogen-bond acceptors (Lipinski definition) is 4. The van der Waals surface area contributed by atoms with Crippen LogP contribution in [0.3, 0.4) is 0 Å². The second-order valence-electron chi connectivity index (χ2n) is 5.01. The number of aliphatic hydroxyl groups excluding tert-OH is 1. The lowest BCUT2D eigenvalue weighted by Gasteiger charge is -2.28. The molecule has 0 saturated heterocycles. The van der Waals surface area contributed by atoms with Gasteiger partial charge in [-0.2, -0.15) is 0 Å². The molecule has 0 saturated carbocycles. The average Bonchev–Trinajstić information content (AvgIpc) is 2.45. The topological polar surface area (TPSA) is 41.5 Å². The number of rotatable bonds is 8. The van der Waals surface area contributed by atoms with Crippen LogP contribution in [0, 0.1) is 0 Å². The van der Waals surface area contributed by atoms with Gasteiger partial charge in [0.05, 0.1) is 13.7 Å². The molecule has 1 rings (SSSR count). The zero-order valence-electron chi connectivity index (χ0n) is 12.3. The molecule has 108 valence electrons. The molecule has 0 aromatic heterocycles. The Labute approximate surface area is 120 Å². The maximum atomic E-state index is 9.49. The van der Waals surface area contributed by atoms with Gasteiger partial charge in [0.15, 0.2) is 0 Å². The summed E-state index contributed by atoms with van der Waals surface area (Å²) in [5.74, 6) is 0.910. The Morgan fingerprint density at radius 1 is 1.42 bits per heavy atom. The zero-order chi connectivity index (χ0) is 14.3. The number of thioether (sulfide) groups is 1. The zero-order valence-corrected chi connectivity index (χ0v) is 13.1. The van der Waals surface area contributed by atoms with Crippen molar-refractivity contribution < 1.29 is 9.84 Å². The van der Waals surface area contributed by atoms with E-state index in [9.17, 15) is 5.11 Å². The van der Waals surface area contributed by atoms with Gasteiger partial charge in [0.25, 0.3) is 0 Å².